The zero-order chi connectivity index (χ0) is 36.9. The van der Waals surface area contributed by atoms with E-state index in [1.54, 1.807) is 7.11 Å². The number of hydrogen-bond acceptors (Lipinski definition) is 1. The molecule has 0 bridgehead atoms. The van der Waals surface area contributed by atoms with Gasteiger partial charge in [-0.2, -0.15) is 0 Å². The summed E-state index contributed by atoms with van der Waals surface area (Å²) >= 11 is 0. The van der Waals surface area contributed by atoms with Crippen molar-refractivity contribution in [1.29, 1.82) is 0 Å². The lowest BCUT2D eigenvalue weighted by Crippen LogP contribution is -1.99. The molecule has 0 radical (unpaired) electrons. The quantitative estimate of drug-likeness (QED) is 0.113. The van der Waals surface area contributed by atoms with Gasteiger partial charge in [-0.25, -0.2) is 0 Å². The summed E-state index contributed by atoms with van der Waals surface area (Å²) in [4.78, 5) is 0. The van der Waals surface area contributed by atoms with Crippen LogP contribution in [-0.2, 0) is 6.42 Å². The number of benzene rings is 2. The predicted molar refractivity (Wildman–Crippen MR) is 226 cm³/mol. The fourth-order valence-electron chi connectivity index (χ4n) is 6.59. The second kappa shape index (κ2) is 23.8. The third kappa shape index (κ3) is 16.0. The second-order valence-electron chi connectivity index (χ2n) is 14.8. The molecule has 0 aliphatic heterocycles. The molecule has 0 unspecified atom stereocenters. The molecule has 0 saturated carbocycles. The average molecular weight is 675 g/mol. The summed E-state index contributed by atoms with van der Waals surface area (Å²) in [6.45, 7) is 24.4. The van der Waals surface area contributed by atoms with Crippen LogP contribution in [-0.4, -0.2) is 7.11 Å². The molecule has 0 fully saturated rings. The van der Waals surface area contributed by atoms with Gasteiger partial charge in [-0.05, 0) is 168 Å². The third-order valence-corrected chi connectivity index (χ3v) is 9.89. The highest BCUT2D eigenvalue weighted by Crippen LogP contribution is 2.37. The van der Waals surface area contributed by atoms with E-state index in [1.807, 2.05) is 6.08 Å². The van der Waals surface area contributed by atoms with Crippen LogP contribution in [0, 0.1) is 6.92 Å². The molecular formula is C49H70O. The van der Waals surface area contributed by atoms with Crippen LogP contribution >= 0.6 is 0 Å². The van der Waals surface area contributed by atoms with Crippen molar-refractivity contribution in [3.05, 3.63) is 129 Å². The first-order chi connectivity index (χ1) is 24.0. The highest BCUT2D eigenvalue weighted by molar-refractivity contribution is 5.97. The fourth-order valence-corrected chi connectivity index (χ4v) is 6.59. The maximum atomic E-state index is 5.84. The zero-order valence-corrected chi connectivity index (χ0v) is 33.7. The Labute approximate surface area is 308 Å². The van der Waals surface area contributed by atoms with Crippen LogP contribution in [0.2, 0.25) is 0 Å². The van der Waals surface area contributed by atoms with E-state index in [4.69, 9.17) is 4.74 Å². The summed E-state index contributed by atoms with van der Waals surface area (Å²) in [7, 11) is 1.77. The van der Waals surface area contributed by atoms with Gasteiger partial charge in [0.05, 0.1) is 7.11 Å². The lowest BCUT2D eigenvalue weighted by atomic mass is 9.91. The molecule has 0 aliphatic rings. The lowest BCUT2D eigenvalue weighted by molar-refractivity contribution is 0.416. The monoisotopic (exact) mass is 675 g/mol. The summed E-state index contributed by atoms with van der Waals surface area (Å²) in [6, 6.07) is 8.49. The molecule has 272 valence electrons. The number of fused-ring (bicyclic) bond motifs is 1. The Balaban J connectivity index is 1.72. The summed E-state index contributed by atoms with van der Waals surface area (Å²) in [6.07, 6.45) is 33.6. The van der Waals surface area contributed by atoms with E-state index in [0.29, 0.717) is 0 Å². The first kappa shape index (κ1) is 42.6. The van der Waals surface area contributed by atoms with Crippen molar-refractivity contribution >= 4 is 16.8 Å². The molecule has 0 amide bonds. The van der Waals surface area contributed by atoms with Gasteiger partial charge in [0.15, 0.2) is 0 Å². The number of hydrogen-bond donors (Lipinski definition) is 0. The summed E-state index contributed by atoms with van der Waals surface area (Å²) in [5.41, 5.74) is 14.2. The van der Waals surface area contributed by atoms with Gasteiger partial charge in [0, 0.05) is 5.39 Å². The van der Waals surface area contributed by atoms with Crippen LogP contribution in [0.4, 0.5) is 0 Å². The molecule has 0 aromatic heterocycles. The fraction of sp³-hybridized carbons (Fsp3) is 0.469. The molecule has 1 nitrogen and oxygen atoms in total. The predicted octanol–water partition coefficient (Wildman–Crippen LogP) is 15.7. The van der Waals surface area contributed by atoms with E-state index in [0.717, 1.165) is 68.9 Å². The lowest BCUT2D eigenvalue weighted by Gasteiger charge is -2.17. The number of rotatable bonds is 22. The van der Waals surface area contributed by atoms with Crippen LogP contribution in [0.1, 0.15) is 149 Å². The first-order valence-corrected chi connectivity index (χ1v) is 19.2. The molecule has 0 saturated heterocycles. The molecule has 0 N–H and O–H groups in total. The molecule has 0 atom stereocenters. The summed E-state index contributed by atoms with van der Waals surface area (Å²) in [5.74, 6) is 0.978. The Morgan fingerprint density at radius 3 is 1.26 bits per heavy atom. The molecular weight excluding hydrogens is 605 g/mol. The normalized spacial score (nSPS) is 13.6. The molecule has 0 spiro atoms. The van der Waals surface area contributed by atoms with Gasteiger partial charge in [0.1, 0.15) is 5.75 Å². The van der Waals surface area contributed by atoms with Crippen molar-refractivity contribution in [3.8, 4) is 5.75 Å². The van der Waals surface area contributed by atoms with Crippen molar-refractivity contribution in [2.24, 2.45) is 0 Å². The smallest absolute Gasteiger partial charge is 0.129 e. The number of allylic oxidation sites excluding steroid dienone is 14. The van der Waals surface area contributed by atoms with Crippen LogP contribution in [0.3, 0.4) is 0 Å². The minimum atomic E-state index is 0.897. The van der Waals surface area contributed by atoms with E-state index < -0.39 is 0 Å². The largest absolute Gasteiger partial charge is 0.496 e. The Bertz CT molecular complexity index is 1590. The molecule has 50 heavy (non-hydrogen) atoms. The molecule has 0 aliphatic carbocycles. The van der Waals surface area contributed by atoms with E-state index in [-0.39, 0.29) is 0 Å². The Hall–Kier alpha value is -3.58. The standard InChI is InChI=1S/C49H70O/c1-12-45-46(44(10)49(50-11)48-34-14-13-33-47(45)48)36-35-43(9)32-20-31-42(8)30-19-29-41(7)28-18-27-40(6)26-17-25-39(5)24-16-23-38(4)22-15-21-37(2)3/h12-14,21,23,25,27,29,31,33-35H,1,15-20,22,24,26,28,30,32,36H2,2-11H3. The van der Waals surface area contributed by atoms with Gasteiger partial charge in [-0.1, -0.05) is 118 Å². The van der Waals surface area contributed by atoms with Crippen molar-refractivity contribution < 1.29 is 4.74 Å². The Morgan fingerprint density at radius 2 is 0.900 bits per heavy atom. The van der Waals surface area contributed by atoms with Gasteiger partial charge in [0.25, 0.3) is 0 Å². The van der Waals surface area contributed by atoms with Crippen LogP contribution < -0.4 is 4.74 Å². The van der Waals surface area contributed by atoms with Crippen molar-refractivity contribution in [2.45, 2.75) is 146 Å². The van der Waals surface area contributed by atoms with Crippen molar-refractivity contribution in [2.75, 3.05) is 7.11 Å². The third-order valence-electron chi connectivity index (χ3n) is 9.89. The van der Waals surface area contributed by atoms with Gasteiger partial charge in [0.2, 0.25) is 0 Å². The average Bonchev–Trinajstić information content (AvgIpc) is 3.07. The van der Waals surface area contributed by atoms with Gasteiger partial charge < -0.3 is 4.74 Å². The molecule has 2 aromatic carbocycles. The van der Waals surface area contributed by atoms with Gasteiger partial charge >= 0.3 is 0 Å². The van der Waals surface area contributed by atoms with Crippen LogP contribution in [0.5, 0.6) is 5.75 Å². The van der Waals surface area contributed by atoms with Crippen molar-refractivity contribution in [3.63, 3.8) is 0 Å². The highest BCUT2D eigenvalue weighted by atomic mass is 16.5. The Kier molecular flexibility index (Phi) is 20.2. The maximum Gasteiger partial charge on any atom is 0.129 e. The minimum Gasteiger partial charge on any atom is -0.496 e. The van der Waals surface area contributed by atoms with E-state index in [1.165, 1.54) is 86.8 Å². The van der Waals surface area contributed by atoms with Gasteiger partial charge in [-0.3, -0.25) is 0 Å². The van der Waals surface area contributed by atoms with Crippen LogP contribution in [0.15, 0.2) is 112 Å². The van der Waals surface area contributed by atoms with Crippen molar-refractivity contribution in [1.82, 2.24) is 0 Å². The topological polar surface area (TPSA) is 9.23 Å². The molecule has 1 heteroatoms. The summed E-state index contributed by atoms with van der Waals surface area (Å²) < 4.78 is 5.84. The molecule has 2 aromatic rings. The SMILES string of the molecule is C=Cc1c(CC=C(C)CCC=C(C)CCC=C(C)CCC=C(C)CCC=C(C)CCC=C(C)CCC=C(C)C)c(C)c(OC)c2ccccc12. The number of methoxy groups -OCH3 is 1. The zero-order valence-electron chi connectivity index (χ0n) is 33.7. The maximum absolute atomic E-state index is 5.84. The van der Waals surface area contributed by atoms with Gasteiger partial charge in [-0.15, -0.1) is 0 Å². The molecule has 2 rings (SSSR count). The minimum absolute atomic E-state index is 0.897. The first-order valence-electron chi connectivity index (χ1n) is 19.2. The van der Waals surface area contributed by atoms with E-state index in [2.05, 4.69) is 136 Å². The Morgan fingerprint density at radius 1 is 0.540 bits per heavy atom. The van der Waals surface area contributed by atoms with Crippen LogP contribution in [0.25, 0.3) is 16.8 Å². The highest BCUT2D eigenvalue weighted by Gasteiger charge is 2.15. The second-order valence-corrected chi connectivity index (χ2v) is 14.8. The summed E-state index contributed by atoms with van der Waals surface area (Å²) in [5, 5.41) is 2.37. The number of ether oxygens (including phenoxy) is 1. The molecule has 0 heterocycles. The van der Waals surface area contributed by atoms with E-state index in [9.17, 15) is 0 Å². The van der Waals surface area contributed by atoms with E-state index >= 15 is 0 Å².